The van der Waals surface area contributed by atoms with Crippen LogP contribution < -0.4 is 5.32 Å². The fourth-order valence-corrected chi connectivity index (χ4v) is 6.01. The molecule has 1 saturated heterocycles. The molecule has 0 bridgehead atoms. The number of furan rings is 1. The van der Waals surface area contributed by atoms with Crippen LogP contribution in [0.3, 0.4) is 0 Å². The highest BCUT2D eigenvalue weighted by Crippen LogP contribution is 2.32. The van der Waals surface area contributed by atoms with Gasteiger partial charge in [-0.2, -0.15) is 5.10 Å². The number of rotatable bonds is 4. The van der Waals surface area contributed by atoms with Crippen molar-refractivity contribution in [3.8, 4) is 11.5 Å². The van der Waals surface area contributed by atoms with Gasteiger partial charge in [-0.3, -0.25) is 4.79 Å². The highest BCUT2D eigenvalue weighted by Gasteiger charge is 2.32. The minimum Gasteiger partial charge on any atom is -0.463 e. The number of carbonyl (C=O) groups is 1. The van der Waals surface area contributed by atoms with E-state index < -0.39 is 9.84 Å². The summed E-state index contributed by atoms with van der Waals surface area (Å²) in [6, 6.07) is 10.1. The third-order valence-electron chi connectivity index (χ3n) is 5.84. The molecule has 0 aliphatic carbocycles. The van der Waals surface area contributed by atoms with Gasteiger partial charge >= 0.3 is 0 Å². The van der Waals surface area contributed by atoms with Crippen molar-refractivity contribution in [2.75, 3.05) is 16.8 Å². The van der Waals surface area contributed by atoms with E-state index in [9.17, 15) is 13.2 Å². The summed E-state index contributed by atoms with van der Waals surface area (Å²) < 4.78 is 31.3. The Labute approximate surface area is 195 Å². The number of carbonyl (C=O) groups excluding carboxylic acids is 1. The lowest BCUT2D eigenvalue weighted by atomic mass is 10.1. The lowest BCUT2D eigenvalue weighted by Gasteiger charge is -2.12. The number of benzene rings is 1. The predicted octanol–water partition coefficient (Wildman–Crippen LogP) is 4.57. The van der Waals surface area contributed by atoms with Gasteiger partial charge in [0.2, 0.25) is 0 Å². The van der Waals surface area contributed by atoms with Crippen LogP contribution in [0.4, 0.5) is 5.69 Å². The fraction of sp³-hybridized carbons (Fsp3) is 0.261. The van der Waals surface area contributed by atoms with E-state index in [4.69, 9.17) is 21.0 Å². The van der Waals surface area contributed by atoms with Gasteiger partial charge in [-0.05, 0) is 56.2 Å². The number of nitrogens with zero attached hydrogens (tertiary/aromatic N) is 3. The predicted molar refractivity (Wildman–Crippen MR) is 126 cm³/mol. The Morgan fingerprint density at radius 3 is 2.73 bits per heavy atom. The van der Waals surface area contributed by atoms with Crippen molar-refractivity contribution in [3.05, 3.63) is 64.5 Å². The maximum absolute atomic E-state index is 13.4. The zero-order valence-corrected chi connectivity index (χ0v) is 19.6. The number of halogens is 1. The lowest BCUT2D eigenvalue weighted by Crippen LogP contribution is -2.15. The van der Waals surface area contributed by atoms with Crippen LogP contribution in [0.5, 0.6) is 0 Å². The van der Waals surface area contributed by atoms with Crippen molar-refractivity contribution >= 4 is 44.1 Å². The summed E-state index contributed by atoms with van der Waals surface area (Å²) in [6.45, 7) is 3.67. The van der Waals surface area contributed by atoms with Gasteiger partial charge in [0.1, 0.15) is 5.69 Å². The molecule has 1 unspecified atom stereocenters. The highest BCUT2D eigenvalue weighted by atomic mass is 35.5. The summed E-state index contributed by atoms with van der Waals surface area (Å²) in [6.07, 6.45) is 1.98. The molecular formula is C23H21ClN4O4S. The fourth-order valence-electron chi connectivity index (χ4n) is 4.13. The Kier molecular flexibility index (Phi) is 5.25. The quantitative estimate of drug-likeness (QED) is 0.454. The number of nitrogens with one attached hydrogen (secondary N) is 1. The van der Waals surface area contributed by atoms with Gasteiger partial charge in [-0.1, -0.05) is 17.7 Å². The van der Waals surface area contributed by atoms with Gasteiger partial charge in [0.15, 0.2) is 21.2 Å². The van der Waals surface area contributed by atoms with Gasteiger partial charge in [-0.15, -0.1) is 0 Å². The second-order valence-electron chi connectivity index (χ2n) is 8.24. The van der Waals surface area contributed by atoms with Gasteiger partial charge in [-0.25, -0.2) is 18.1 Å². The number of hydrogen-bond acceptors (Lipinski definition) is 6. The van der Waals surface area contributed by atoms with Crippen LogP contribution in [0, 0.1) is 13.8 Å². The maximum Gasteiger partial charge on any atom is 0.256 e. The van der Waals surface area contributed by atoms with E-state index in [-0.39, 0.29) is 23.5 Å². The summed E-state index contributed by atoms with van der Waals surface area (Å²) in [7, 11) is -3.13. The van der Waals surface area contributed by atoms with E-state index in [2.05, 4.69) is 10.4 Å². The first-order chi connectivity index (χ1) is 15.7. The largest absolute Gasteiger partial charge is 0.463 e. The van der Waals surface area contributed by atoms with Crippen LogP contribution >= 0.6 is 11.6 Å². The topological polar surface area (TPSA) is 107 Å². The molecule has 0 saturated carbocycles. The first-order valence-electron chi connectivity index (χ1n) is 10.4. The highest BCUT2D eigenvalue weighted by molar-refractivity contribution is 7.91. The van der Waals surface area contributed by atoms with Crippen LogP contribution in [-0.4, -0.2) is 40.6 Å². The number of pyridine rings is 1. The molecular weight excluding hydrogens is 464 g/mol. The van der Waals surface area contributed by atoms with Gasteiger partial charge < -0.3 is 9.73 Å². The molecule has 33 heavy (non-hydrogen) atoms. The van der Waals surface area contributed by atoms with E-state index in [1.54, 1.807) is 41.9 Å². The summed E-state index contributed by atoms with van der Waals surface area (Å²) in [5, 5.41) is 8.61. The first kappa shape index (κ1) is 21.7. The molecule has 3 aromatic heterocycles. The Bertz CT molecular complexity index is 1490. The van der Waals surface area contributed by atoms with Crippen molar-refractivity contribution in [3.63, 3.8) is 0 Å². The van der Waals surface area contributed by atoms with Crippen molar-refractivity contribution in [2.24, 2.45) is 0 Å². The van der Waals surface area contributed by atoms with Crippen molar-refractivity contribution < 1.29 is 17.6 Å². The number of fused-ring (bicyclic) bond motifs is 1. The standard InChI is InChI=1S/C23H21ClN4O4S/c1-13-5-6-15(10-18(13)24)25-23(29)17-11-19(20-4-3-8-32-20)26-22-21(17)14(2)27-28(22)16-7-9-33(30,31)12-16/h3-6,8,10-11,16H,7,9,12H2,1-2H3,(H,25,29). The number of anilines is 1. The molecule has 0 radical (unpaired) electrons. The number of aromatic nitrogens is 3. The Morgan fingerprint density at radius 1 is 1.24 bits per heavy atom. The second-order valence-corrected chi connectivity index (χ2v) is 10.9. The first-order valence-corrected chi connectivity index (χ1v) is 12.6. The SMILES string of the molecule is Cc1ccc(NC(=O)c2cc(-c3ccco3)nc3c2c(C)nn3C2CCS(=O)(=O)C2)cc1Cl. The van der Waals surface area contributed by atoms with E-state index in [1.807, 2.05) is 13.0 Å². The third kappa shape index (κ3) is 4.02. The molecule has 1 N–H and O–H groups in total. The molecule has 8 nitrogen and oxygen atoms in total. The van der Waals surface area contributed by atoms with Crippen LogP contribution in [0.25, 0.3) is 22.5 Å². The third-order valence-corrected chi connectivity index (χ3v) is 8.00. The zero-order valence-electron chi connectivity index (χ0n) is 18.0. The smallest absolute Gasteiger partial charge is 0.256 e. The molecule has 5 rings (SSSR count). The normalized spacial score (nSPS) is 17.5. The molecule has 10 heteroatoms. The average molecular weight is 485 g/mol. The number of sulfone groups is 1. The van der Waals surface area contributed by atoms with E-state index >= 15 is 0 Å². The van der Waals surface area contributed by atoms with E-state index in [1.165, 1.54) is 6.26 Å². The van der Waals surface area contributed by atoms with Gasteiger partial charge in [0, 0.05) is 10.7 Å². The molecule has 1 aromatic carbocycles. The molecule has 1 aliphatic heterocycles. The van der Waals surface area contributed by atoms with Crippen LogP contribution in [-0.2, 0) is 9.84 Å². The Morgan fingerprint density at radius 2 is 2.06 bits per heavy atom. The second kappa shape index (κ2) is 8.00. The summed E-state index contributed by atoms with van der Waals surface area (Å²) in [4.78, 5) is 18.1. The monoisotopic (exact) mass is 484 g/mol. The van der Waals surface area contributed by atoms with Gasteiger partial charge in [0.25, 0.3) is 5.91 Å². The Hall–Kier alpha value is -3.17. The van der Waals surface area contributed by atoms with E-state index in [0.717, 1.165) is 5.56 Å². The van der Waals surface area contributed by atoms with Crippen molar-refractivity contribution in [1.82, 2.24) is 14.8 Å². The molecule has 0 spiro atoms. The zero-order chi connectivity index (χ0) is 23.3. The summed E-state index contributed by atoms with van der Waals surface area (Å²) in [5.74, 6) is 0.252. The number of amides is 1. The minimum absolute atomic E-state index is 0.000719. The molecule has 4 heterocycles. The van der Waals surface area contributed by atoms with Crippen LogP contribution in [0.15, 0.2) is 47.1 Å². The molecule has 1 aliphatic rings. The molecule has 1 atom stereocenters. The lowest BCUT2D eigenvalue weighted by molar-refractivity contribution is 0.102. The van der Waals surface area contributed by atoms with Crippen LogP contribution in [0.2, 0.25) is 5.02 Å². The molecule has 4 aromatic rings. The summed E-state index contributed by atoms with van der Waals surface area (Å²) >= 11 is 6.22. The number of hydrogen-bond donors (Lipinski definition) is 1. The average Bonchev–Trinajstić information content (AvgIpc) is 3.49. The minimum atomic E-state index is -3.13. The van der Waals surface area contributed by atoms with Crippen molar-refractivity contribution in [1.29, 1.82) is 0 Å². The van der Waals surface area contributed by atoms with E-state index in [0.29, 0.717) is 50.9 Å². The summed E-state index contributed by atoms with van der Waals surface area (Å²) in [5.41, 5.74) is 3.35. The Balaban J connectivity index is 1.65. The molecule has 170 valence electrons. The molecule has 1 amide bonds. The maximum atomic E-state index is 13.4. The van der Waals surface area contributed by atoms with Gasteiger partial charge in [0.05, 0.1) is 40.5 Å². The molecule has 1 fully saturated rings. The van der Waals surface area contributed by atoms with Crippen LogP contribution in [0.1, 0.15) is 34.1 Å². The van der Waals surface area contributed by atoms with Crippen molar-refractivity contribution in [2.45, 2.75) is 26.3 Å². The number of aryl methyl sites for hydroxylation is 2.